The molecule has 1 aromatic heterocycles. The summed E-state index contributed by atoms with van der Waals surface area (Å²) < 4.78 is 1.77. The van der Waals surface area contributed by atoms with Crippen LogP contribution in [0.25, 0.3) is 16.8 Å². The van der Waals surface area contributed by atoms with Gasteiger partial charge in [-0.2, -0.15) is 5.10 Å². The summed E-state index contributed by atoms with van der Waals surface area (Å²) in [6.07, 6.45) is 6.05. The summed E-state index contributed by atoms with van der Waals surface area (Å²) in [6, 6.07) is 21.6. The first-order valence-corrected chi connectivity index (χ1v) is 10.2. The Kier molecular flexibility index (Phi) is 6.12. The van der Waals surface area contributed by atoms with Crippen LogP contribution in [0, 0.1) is 0 Å². The molecule has 6 heteroatoms. The van der Waals surface area contributed by atoms with E-state index in [4.69, 9.17) is 5.11 Å². The number of rotatable bonds is 7. The monoisotopic (exact) mass is 425 g/mol. The first-order valence-electron chi connectivity index (χ1n) is 10.2. The SMILES string of the molecule is CN(Cc1ccc2ccccc2c1)C(=O)c1cc(Cn2cccn2)ccc1C=CC(=O)O. The molecule has 0 aliphatic heterocycles. The van der Waals surface area contributed by atoms with Crippen molar-refractivity contribution in [2.75, 3.05) is 7.05 Å². The van der Waals surface area contributed by atoms with Crippen molar-refractivity contribution in [2.45, 2.75) is 13.1 Å². The lowest BCUT2D eigenvalue weighted by atomic mass is 10.0. The molecular weight excluding hydrogens is 402 g/mol. The van der Waals surface area contributed by atoms with E-state index in [2.05, 4.69) is 23.3 Å². The zero-order chi connectivity index (χ0) is 22.5. The molecule has 1 N–H and O–H groups in total. The molecule has 0 unspecified atom stereocenters. The summed E-state index contributed by atoms with van der Waals surface area (Å²) in [5.74, 6) is -1.24. The Bertz CT molecular complexity index is 1290. The fourth-order valence-corrected chi connectivity index (χ4v) is 3.66. The number of carboxylic acid groups (broad SMARTS) is 1. The maximum atomic E-state index is 13.4. The zero-order valence-corrected chi connectivity index (χ0v) is 17.7. The summed E-state index contributed by atoms with van der Waals surface area (Å²) in [4.78, 5) is 26.0. The average Bonchev–Trinajstić information content (AvgIpc) is 3.30. The first kappa shape index (κ1) is 21.1. The lowest BCUT2D eigenvalue weighted by Gasteiger charge is -2.19. The van der Waals surface area contributed by atoms with Crippen molar-refractivity contribution < 1.29 is 14.7 Å². The van der Waals surface area contributed by atoms with Crippen molar-refractivity contribution in [3.63, 3.8) is 0 Å². The highest BCUT2D eigenvalue weighted by molar-refractivity contribution is 5.99. The van der Waals surface area contributed by atoms with Gasteiger partial charge in [-0.05, 0) is 51.7 Å². The Morgan fingerprint density at radius 1 is 1.00 bits per heavy atom. The smallest absolute Gasteiger partial charge is 0.328 e. The van der Waals surface area contributed by atoms with E-state index in [0.717, 1.165) is 28.0 Å². The molecule has 0 fully saturated rings. The largest absolute Gasteiger partial charge is 0.478 e. The third kappa shape index (κ3) is 4.92. The van der Waals surface area contributed by atoms with Crippen LogP contribution in [0.2, 0.25) is 0 Å². The molecule has 6 nitrogen and oxygen atoms in total. The maximum Gasteiger partial charge on any atom is 0.328 e. The molecule has 0 spiro atoms. The quantitative estimate of drug-likeness (QED) is 0.444. The van der Waals surface area contributed by atoms with Crippen LogP contribution in [0.4, 0.5) is 0 Å². The Hall–Kier alpha value is -4.19. The lowest BCUT2D eigenvalue weighted by molar-refractivity contribution is -0.131. The maximum absolute atomic E-state index is 13.4. The van der Waals surface area contributed by atoms with Gasteiger partial charge in [0, 0.05) is 37.6 Å². The van der Waals surface area contributed by atoms with Crippen molar-refractivity contribution in [2.24, 2.45) is 0 Å². The van der Waals surface area contributed by atoms with Crippen LogP contribution in [0.3, 0.4) is 0 Å². The first-order chi connectivity index (χ1) is 15.5. The number of hydrogen-bond donors (Lipinski definition) is 1. The summed E-state index contributed by atoms with van der Waals surface area (Å²) in [5.41, 5.74) is 2.95. The minimum atomic E-state index is -1.06. The Balaban J connectivity index is 1.61. The molecule has 0 saturated heterocycles. The predicted octanol–water partition coefficient (Wildman–Crippen LogP) is 4.45. The van der Waals surface area contributed by atoms with Gasteiger partial charge in [-0.15, -0.1) is 0 Å². The molecule has 0 atom stereocenters. The molecule has 1 amide bonds. The number of amides is 1. The number of carbonyl (C=O) groups is 2. The van der Waals surface area contributed by atoms with Gasteiger partial charge in [0.15, 0.2) is 0 Å². The second kappa shape index (κ2) is 9.31. The molecule has 4 rings (SSSR count). The van der Waals surface area contributed by atoms with E-state index in [1.54, 1.807) is 28.9 Å². The summed E-state index contributed by atoms with van der Waals surface area (Å²) in [5, 5.41) is 15.5. The normalized spacial score (nSPS) is 11.2. The van der Waals surface area contributed by atoms with Gasteiger partial charge in [0.2, 0.25) is 0 Å². The van der Waals surface area contributed by atoms with Gasteiger partial charge in [0.25, 0.3) is 5.91 Å². The third-order valence-corrected chi connectivity index (χ3v) is 5.24. The van der Waals surface area contributed by atoms with Crippen LogP contribution in [0.1, 0.15) is 27.0 Å². The van der Waals surface area contributed by atoms with Crippen molar-refractivity contribution in [3.05, 3.63) is 107 Å². The number of carbonyl (C=O) groups excluding carboxylic acids is 1. The van der Waals surface area contributed by atoms with E-state index >= 15 is 0 Å². The fraction of sp³-hybridized carbons (Fsp3) is 0.115. The van der Waals surface area contributed by atoms with Gasteiger partial charge in [-0.3, -0.25) is 9.48 Å². The minimum Gasteiger partial charge on any atom is -0.478 e. The number of aromatic nitrogens is 2. The van der Waals surface area contributed by atoms with Crippen molar-refractivity contribution in [3.8, 4) is 0 Å². The lowest BCUT2D eigenvalue weighted by Crippen LogP contribution is -2.27. The van der Waals surface area contributed by atoms with E-state index in [1.165, 1.54) is 6.08 Å². The molecular formula is C26H23N3O3. The Morgan fingerprint density at radius 3 is 2.53 bits per heavy atom. The second-order valence-electron chi connectivity index (χ2n) is 7.64. The van der Waals surface area contributed by atoms with E-state index in [9.17, 15) is 9.59 Å². The molecule has 160 valence electrons. The van der Waals surface area contributed by atoms with E-state index in [0.29, 0.717) is 24.2 Å². The van der Waals surface area contributed by atoms with Gasteiger partial charge < -0.3 is 10.0 Å². The molecule has 3 aromatic carbocycles. The van der Waals surface area contributed by atoms with Gasteiger partial charge in [-0.25, -0.2) is 4.79 Å². The van der Waals surface area contributed by atoms with Gasteiger partial charge in [0.05, 0.1) is 6.54 Å². The molecule has 0 aliphatic rings. The van der Waals surface area contributed by atoms with Crippen LogP contribution in [0.5, 0.6) is 0 Å². The minimum absolute atomic E-state index is 0.175. The van der Waals surface area contributed by atoms with Crippen LogP contribution in [-0.4, -0.2) is 38.7 Å². The number of fused-ring (bicyclic) bond motifs is 1. The second-order valence-corrected chi connectivity index (χ2v) is 7.64. The van der Waals surface area contributed by atoms with Crippen LogP contribution < -0.4 is 0 Å². The van der Waals surface area contributed by atoms with Gasteiger partial charge in [0.1, 0.15) is 0 Å². The van der Waals surface area contributed by atoms with E-state index < -0.39 is 5.97 Å². The summed E-state index contributed by atoms with van der Waals surface area (Å²) in [7, 11) is 1.75. The number of carboxylic acids is 1. The number of hydrogen-bond acceptors (Lipinski definition) is 3. The number of nitrogens with zero attached hydrogens (tertiary/aromatic N) is 3. The molecule has 4 aromatic rings. The average molecular weight is 425 g/mol. The van der Waals surface area contributed by atoms with Crippen LogP contribution in [0.15, 0.2) is 85.2 Å². The number of benzene rings is 3. The topological polar surface area (TPSA) is 75.4 Å². The predicted molar refractivity (Wildman–Crippen MR) is 124 cm³/mol. The van der Waals surface area contributed by atoms with Crippen molar-refractivity contribution in [1.29, 1.82) is 0 Å². The van der Waals surface area contributed by atoms with E-state index in [1.807, 2.05) is 48.7 Å². The highest BCUT2D eigenvalue weighted by Gasteiger charge is 2.17. The molecule has 0 radical (unpaired) electrons. The Labute approximate surface area is 186 Å². The summed E-state index contributed by atoms with van der Waals surface area (Å²) >= 11 is 0. The fourth-order valence-electron chi connectivity index (χ4n) is 3.66. The molecule has 0 bridgehead atoms. The van der Waals surface area contributed by atoms with Gasteiger partial charge >= 0.3 is 5.97 Å². The molecule has 32 heavy (non-hydrogen) atoms. The highest BCUT2D eigenvalue weighted by atomic mass is 16.4. The molecule has 0 saturated carbocycles. The standard InChI is InChI=1S/C26H23N3O3/c1-28(17-19-7-9-21-5-2-3-6-23(21)15-19)26(32)24-16-20(18-29-14-4-13-27-29)8-10-22(24)11-12-25(30)31/h2-16H,17-18H2,1H3,(H,30,31). The van der Waals surface area contributed by atoms with Crippen LogP contribution in [-0.2, 0) is 17.9 Å². The van der Waals surface area contributed by atoms with Crippen LogP contribution >= 0.6 is 0 Å². The molecule has 0 aliphatic carbocycles. The molecule has 1 heterocycles. The number of aliphatic carboxylic acids is 1. The Morgan fingerprint density at radius 2 is 1.78 bits per heavy atom. The zero-order valence-electron chi connectivity index (χ0n) is 17.7. The van der Waals surface area contributed by atoms with Crippen molar-refractivity contribution in [1.82, 2.24) is 14.7 Å². The summed E-state index contributed by atoms with van der Waals surface area (Å²) in [6.45, 7) is 0.958. The van der Waals surface area contributed by atoms with E-state index in [-0.39, 0.29) is 5.91 Å². The third-order valence-electron chi connectivity index (χ3n) is 5.24. The van der Waals surface area contributed by atoms with Gasteiger partial charge in [-0.1, -0.05) is 48.5 Å². The van der Waals surface area contributed by atoms with Crippen molar-refractivity contribution >= 4 is 28.7 Å². The highest BCUT2D eigenvalue weighted by Crippen LogP contribution is 2.20.